The Kier molecular flexibility index (Phi) is 4.93. The lowest BCUT2D eigenvalue weighted by Crippen LogP contribution is -2.49. The van der Waals surface area contributed by atoms with E-state index in [0.717, 1.165) is 31.0 Å². The lowest BCUT2D eigenvalue weighted by molar-refractivity contribution is -0.123. The van der Waals surface area contributed by atoms with Gasteiger partial charge in [0, 0.05) is 30.8 Å². The van der Waals surface area contributed by atoms with Crippen molar-refractivity contribution in [3.05, 3.63) is 30.1 Å². The maximum absolute atomic E-state index is 11.8. The van der Waals surface area contributed by atoms with Crippen molar-refractivity contribution in [2.45, 2.75) is 57.7 Å². The van der Waals surface area contributed by atoms with Gasteiger partial charge in [0.1, 0.15) is 0 Å². The zero-order valence-corrected chi connectivity index (χ0v) is 13.3. The van der Waals surface area contributed by atoms with Gasteiger partial charge in [-0.25, -0.2) is 0 Å². The number of rotatable bonds is 5. The number of nitrogens with one attached hydrogen (secondary N) is 2. The Morgan fingerprint density at radius 3 is 3.05 bits per heavy atom. The van der Waals surface area contributed by atoms with Gasteiger partial charge in [0.05, 0.1) is 12.2 Å². The second kappa shape index (κ2) is 7.09. The smallest absolute Gasteiger partial charge is 0.220 e. The number of carbonyl (C=O) groups excluding carboxylic acids is 1. The monoisotopic (exact) mass is 302 g/mol. The molecule has 0 radical (unpaired) electrons. The maximum Gasteiger partial charge on any atom is 0.220 e. The number of nitrogens with zero attached hydrogens (tertiary/aromatic N) is 2. The van der Waals surface area contributed by atoms with Gasteiger partial charge in [-0.05, 0) is 45.1 Å². The summed E-state index contributed by atoms with van der Waals surface area (Å²) in [5, 5.41) is 11.2. The lowest BCUT2D eigenvalue weighted by Gasteiger charge is -2.33. The van der Waals surface area contributed by atoms with Crippen LogP contribution in [0.25, 0.3) is 0 Å². The van der Waals surface area contributed by atoms with Crippen molar-refractivity contribution in [3.63, 3.8) is 0 Å². The number of amides is 1. The molecule has 2 heterocycles. The molecular formula is C17H26N4O. The second-order valence-electron chi connectivity index (χ2n) is 6.38. The van der Waals surface area contributed by atoms with E-state index in [1.54, 1.807) is 0 Å². The summed E-state index contributed by atoms with van der Waals surface area (Å²) in [5.74, 6) is 0.870. The van der Waals surface area contributed by atoms with Crippen LogP contribution in [0.2, 0.25) is 0 Å². The van der Waals surface area contributed by atoms with Gasteiger partial charge in [-0.15, -0.1) is 0 Å². The van der Waals surface area contributed by atoms with Gasteiger partial charge in [-0.3, -0.25) is 9.48 Å². The normalized spacial score (nSPS) is 28.6. The second-order valence-corrected chi connectivity index (χ2v) is 6.38. The Morgan fingerprint density at radius 2 is 2.32 bits per heavy atom. The largest absolute Gasteiger partial charge is 0.348 e. The minimum atomic E-state index is 0.0423. The van der Waals surface area contributed by atoms with E-state index in [9.17, 15) is 4.79 Å². The number of hydrogen-bond donors (Lipinski definition) is 2. The van der Waals surface area contributed by atoms with Crippen LogP contribution in [-0.2, 0) is 11.3 Å². The van der Waals surface area contributed by atoms with E-state index in [4.69, 9.17) is 0 Å². The number of piperidine rings is 1. The quantitative estimate of drug-likeness (QED) is 0.820. The molecule has 5 nitrogen and oxygen atoms in total. The van der Waals surface area contributed by atoms with Crippen molar-refractivity contribution in [3.8, 4) is 0 Å². The Morgan fingerprint density at radius 1 is 1.41 bits per heavy atom. The highest BCUT2D eigenvalue weighted by Crippen LogP contribution is 2.25. The summed E-state index contributed by atoms with van der Waals surface area (Å²) in [7, 11) is 0. The SMILES string of the molecule is CCn1cc([C@@H]2NC(=O)CC[C@H]2NCC2CC=CCC2)cn1. The van der Waals surface area contributed by atoms with Crippen molar-refractivity contribution in [2.24, 2.45) is 5.92 Å². The molecule has 22 heavy (non-hydrogen) atoms. The number of carbonyl (C=O) groups is 1. The zero-order chi connectivity index (χ0) is 15.4. The maximum atomic E-state index is 11.8. The Labute approximate surface area is 132 Å². The molecule has 0 saturated carbocycles. The third-order valence-electron chi connectivity index (χ3n) is 4.78. The molecule has 3 rings (SSSR count). The third kappa shape index (κ3) is 3.58. The molecule has 1 aliphatic heterocycles. The molecule has 5 heteroatoms. The van der Waals surface area contributed by atoms with E-state index in [2.05, 4.69) is 34.8 Å². The fraction of sp³-hybridized carbons (Fsp3) is 0.647. The van der Waals surface area contributed by atoms with E-state index >= 15 is 0 Å². The van der Waals surface area contributed by atoms with Crippen LogP contribution >= 0.6 is 0 Å². The summed E-state index contributed by atoms with van der Waals surface area (Å²) in [4.78, 5) is 11.8. The third-order valence-corrected chi connectivity index (χ3v) is 4.78. The number of hydrogen-bond acceptors (Lipinski definition) is 3. The molecule has 1 aromatic rings. The van der Waals surface area contributed by atoms with E-state index < -0.39 is 0 Å². The molecular weight excluding hydrogens is 276 g/mol. The van der Waals surface area contributed by atoms with Crippen molar-refractivity contribution >= 4 is 5.91 Å². The minimum absolute atomic E-state index is 0.0423. The van der Waals surface area contributed by atoms with Gasteiger partial charge >= 0.3 is 0 Å². The highest BCUT2D eigenvalue weighted by atomic mass is 16.1. The summed E-state index contributed by atoms with van der Waals surface area (Å²) in [6, 6.07) is 0.346. The molecule has 2 aliphatic rings. The van der Waals surface area contributed by atoms with Gasteiger partial charge in [0.15, 0.2) is 0 Å². The molecule has 1 amide bonds. The first-order valence-corrected chi connectivity index (χ1v) is 8.46. The van der Waals surface area contributed by atoms with Gasteiger partial charge in [-0.2, -0.15) is 5.10 Å². The molecule has 1 fully saturated rings. The van der Waals surface area contributed by atoms with Crippen molar-refractivity contribution in [2.75, 3.05) is 6.54 Å². The molecule has 0 spiro atoms. The van der Waals surface area contributed by atoms with Crippen molar-refractivity contribution in [1.82, 2.24) is 20.4 Å². The van der Waals surface area contributed by atoms with Crippen molar-refractivity contribution < 1.29 is 4.79 Å². The molecule has 1 unspecified atom stereocenters. The van der Waals surface area contributed by atoms with Crippen LogP contribution in [0.5, 0.6) is 0 Å². The van der Waals surface area contributed by atoms with Crippen LogP contribution in [0.15, 0.2) is 24.5 Å². The van der Waals surface area contributed by atoms with Crippen LogP contribution in [-0.4, -0.2) is 28.3 Å². The average Bonchev–Trinajstić information content (AvgIpc) is 3.03. The molecule has 1 aliphatic carbocycles. The predicted octanol–water partition coefficient (Wildman–Crippen LogP) is 2.17. The zero-order valence-electron chi connectivity index (χ0n) is 13.3. The van der Waals surface area contributed by atoms with Crippen LogP contribution in [0.4, 0.5) is 0 Å². The van der Waals surface area contributed by atoms with Crippen LogP contribution < -0.4 is 10.6 Å². The summed E-state index contributed by atoms with van der Waals surface area (Å²) in [6.07, 6.45) is 13.6. The fourth-order valence-electron chi connectivity index (χ4n) is 3.41. The lowest BCUT2D eigenvalue weighted by atomic mass is 9.91. The summed E-state index contributed by atoms with van der Waals surface area (Å²) < 4.78 is 1.92. The first-order chi connectivity index (χ1) is 10.8. The van der Waals surface area contributed by atoms with Gasteiger partial charge in [-0.1, -0.05) is 12.2 Å². The Hall–Kier alpha value is -1.62. The molecule has 0 aromatic carbocycles. The molecule has 1 saturated heterocycles. The first-order valence-electron chi connectivity index (χ1n) is 8.46. The van der Waals surface area contributed by atoms with E-state index in [1.165, 1.54) is 19.3 Å². The topological polar surface area (TPSA) is 59.0 Å². The first kappa shape index (κ1) is 15.3. The Balaban J connectivity index is 1.64. The molecule has 3 atom stereocenters. The highest BCUT2D eigenvalue weighted by molar-refractivity contribution is 5.77. The number of aromatic nitrogens is 2. The van der Waals surface area contributed by atoms with Crippen molar-refractivity contribution in [1.29, 1.82) is 0 Å². The van der Waals surface area contributed by atoms with Gasteiger partial charge < -0.3 is 10.6 Å². The molecule has 0 bridgehead atoms. The van der Waals surface area contributed by atoms with E-state index in [1.807, 2.05) is 17.1 Å². The van der Waals surface area contributed by atoms with Gasteiger partial charge in [0.25, 0.3) is 0 Å². The fourth-order valence-corrected chi connectivity index (χ4v) is 3.41. The summed E-state index contributed by atoms with van der Waals surface area (Å²) >= 11 is 0. The van der Waals surface area contributed by atoms with Crippen LogP contribution in [0.1, 0.15) is 50.6 Å². The van der Waals surface area contributed by atoms with E-state index in [0.29, 0.717) is 12.5 Å². The van der Waals surface area contributed by atoms with Gasteiger partial charge in [0.2, 0.25) is 5.91 Å². The highest BCUT2D eigenvalue weighted by Gasteiger charge is 2.30. The van der Waals surface area contributed by atoms with Crippen LogP contribution in [0.3, 0.4) is 0 Å². The summed E-state index contributed by atoms with van der Waals surface area (Å²) in [5.41, 5.74) is 1.11. The standard InChI is InChI=1S/C17H26N4O/c1-2-21-12-14(11-19-21)17-15(8-9-16(22)20-17)18-10-13-6-4-3-5-7-13/h3-4,11-13,15,17-18H,2,5-10H2,1H3,(H,20,22)/t13?,15-,17+/m1/s1. The Bertz CT molecular complexity index is 537. The number of aryl methyl sites for hydroxylation is 1. The summed E-state index contributed by atoms with van der Waals surface area (Å²) in [6.45, 7) is 3.96. The van der Waals surface area contributed by atoms with Crippen LogP contribution in [0, 0.1) is 5.92 Å². The molecule has 120 valence electrons. The average molecular weight is 302 g/mol. The van der Waals surface area contributed by atoms with E-state index in [-0.39, 0.29) is 11.9 Å². The predicted molar refractivity (Wildman–Crippen MR) is 86.3 cm³/mol. The molecule has 1 aromatic heterocycles. The molecule has 2 N–H and O–H groups in total. The number of allylic oxidation sites excluding steroid dienone is 2. The minimum Gasteiger partial charge on any atom is -0.348 e.